The van der Waals surface area contributed by atoms with E-state index in [0.717, 1.165) is 0 Å². The molecule has 0 saturated carbocycles. The summed E-state index contributed by atoms with van der Waals surface area (Å²) in [5, 5.41) is 0. The van der Waals surface area contributed by atoms with Crippen LogP contribution in [0.15, 0.2) is 0 Å². The average Bonchev–Trinajstić information content (AvgIpc) is 0.918. The van der Waals surface area contributed by atoms with Gasteiger partial charge in [0.25, 0.3) is 0 Å². The maximum absolute atomic E-state index is 2.29. The van der Waals surface area contributed by atoms with Crippen molar-refractivity contribution in [1.29, 1.82) is 0 Å². The maximum atomic E-state index is 2.29. The normalized spacial score (nSPS) is 5.50. The molecule has 0 aliphatic heterocycles. The second-order valence-electron chi connectivity index (χ2n) is 0.0471. The number of hydrogen-bond acceptors (Lipinski definition) is 0. The van der Waals surface area contributed by atoms with E-state index < -0.39 is 0 Å². The van der Waals surface area contributed by atoms with Crippen LogP contribution in [0.25, 0.3) is 0 Å². The van der Waals surface area contributed by atoms with Gasteiger partial charge in [-0.2, -0.15) is 0 Å². The van der Waals surface area contributed by atoms with Gasteiger partial charge in [-0.1, -0.05) is 0 Å². The van der Waals surface area contributed by atoms with E-state index in [1.807, 2.05) is 0 Å². The molecule has 0 nitrogen and oxygen atoms in total. The van der Waals surface area contributed by atoms with Gasteiger partial charge < -0.3 is 0 Å². The molecule has 4 heteroatoms. The number of rotatable bonds is 0. The van der Waals surface area contributed by atoms with Crippen LogP contribution in [0.5, 0.6) is 0 Å². The van der Waals surface area contributed by atoms with Crippen LogP contribution in [0.2, 0.25) is 0 Å². The molecule has 0 saturated heterocycles. The third-order valence-corrected chi connectivity index (χ3v) is 0. The Labute approximate surface area is 66.8 Å². The molecule has 0 unspecified atom stereocenters. The molecule has 0 radical (unpaired) electrons. The summed E-state index contributed by atoms with van der Waals surface area (Å²) >= 11 is 4.61. The predicted octanol–water partition coefficient (Wildman–Crippen LogP) is -0.0100. The molecule has 0 N–H and O–H groups in total. The second kappa shape index (κ2) is 9.25. The van der Waals surface area contributed by atoms with Crippen molar-refractivity contribution in [2.75, 3.05) is 0 Å². The summed E-state index contributed by atoms with van der Waals surface area (Å²) in [6, 6.07) is 0. The molecule has 0 fully saturated rings. The first-order valence-corrected chi connectivity index (χ1v) is 16.5. The van der Waals surface area contributed by atoms with Crippen molar-refractivity contribution < 1.29 is 68.2 Å². The maximum Gasteiger partial charge on any atom is 0 e. The predicted molar refractivity (Wildman–Crippen MR) is 0 cm³/mol. The molecule has 0 aliphatic rings. The van der Waals surface area contributed by atoms with E-state index in [4.69, 9.17) is 0 Å². The Hall–Kier alpha value is 2.79. The van der Waals surface area contributed by atoms with Crippen molar-refractivity contribution in [2.45, 2.75) is 0 Å². The fraction of sp³-hybridized carbons (Fsp3) is 0. The first kappa shape index (κ1) is 9.92. The Morgan fingerprint density at radius 3 is 1.75 bits per heavy atom. The Bertz CT molecular complexity index is 8.00. The minimum Gasteiger partial charge on any atom is 0 e. The Morgan fingerprint density at radius 2 is 1.75 bits per heavy atom. The van der Waals surface area contributed by atoms with Gasteiger partial charge in [0.05, 0.1) is 0 Å². The summed E-state index contributed by atoms with van der Waals surface area (Å²) in [5.74, 6) is 0. The molecule has 0 bridgehead atoms. The van der Waals surface area contributed by atoms with Gasteiger partial charge in [-0.15, -0.1) is 0 Å². The monoisotopic (exact) mass is 617 g/mol. The zero-order chi connectivity index (χ0) is 2.71. The molecule has 0 aromatic rings. The smallest absolute Gasteiger partial charge is 0 e. The first-order valence-electron chi connectivity index (χ1n) is 0.247. The van der Waals surface area contributed by atoms with E-state index in [1.54, 1.807) is 18.0 Å². The molecule has 28 valence electrons. The van der Waals surface area contributed by atoms with Gasteiger partial charge in [-0.05, 0) is 0 Å². The van der Waals surface area contributed by atoms with Gasteiger partial charge in [-0.3, -0.25) is 0 Å². The van der Waals surface area contributed by atoms with E-state index in [9.17, 15) is 0 Å². The second-order valence-corrected chi connectivity index (χ2v) is 25.9. The van der Waals surface area contributed by atoms with Crippen LogP contribution in [-0.2, 0) is 68.2 Å². The average molecular weight is 616 g/mol. The molecule has 0 rings (SSSR count). The standard InChI is InChI=1S/Ir.Pt.Ta.Ti. The molecular weight excluding hydrogens is 616 g/mol. The quantitative estimate of drug-likeness (QED) is 0.337. The summed E-state index contributed by atoms with van der Waals surface area (Å²) in [4.78, 5) is 0. The van der Waals surface area contributed by atoms with Crippen molar-refractivity contribution in [2.24, 2.45) is 0 Å². The van der Waals surface area contributed by atoms with Crippen molar-refractivity contribution in [1.82, 2.24) is 0 Å². The molecule has 0 amide bonds. The van der Waals surface area contributed by atoms with Gasteiger partial charge in [-0.25, -0.2) is 0 Å². The zero-order valence-electron chi connectivity index (χ0n) is 1.60. The van der Waals surface area contributed by atoms with E-state index in [1.165, 1.54) is 0 Å². The van der Waals surface area contributed by atoms with E-state index >= 15 is 0 Å². The van der Waals surface area contributed by atoms with Gasteiger partial charge in [0, 0.05) is 21.7 Å². The fourth-order valence-electron chi connectivity index (χ4n) is 0. The third kappa shape index (κ3) is 8.84. The van der Waals surface area contributed by atoms with Crippen molar-refractivity contribution in [3.63, 3.8) is 0 Å². The fourth-order valence-corrected chi connectivity index (χ4v) is 0. The van der Waals surface area contributed by atoms with Crippen molar-refractivity contribution >= 4 is 0 Å². The Morgan fingerprint density at radius 1 is 1.75 bits per heavy atom. The molecule has 0 aliphatic carbocycles. The van der Waals surface area contributed by atoms with Crippen LogP contribution >= 0.6 is 0 Å². The molecule has 0 aromatic heterocycles. The number of hydrogen-bond donors (Lipinski definition) is 0. The van der Waals surface area contributed by atoms with Crippen molar-refractivity contribution in [3.05, 3.63) is 0 Å². The van der Waals surface area contributed by atoms with Gasteiger partial charge in [0.15, 0.2) is 0 Å². The molecule has 0 heterocycles. The topological polar surface area (TPSA) is 0 Å². The minimum absolute atomic E-state index is 0. The molecule has 0 atom stereocenters. The third-order valence-electron chi connectivity index (χ3n) is 0. The van der Waals surface area contributed by atoms with Gasteiger partial charge in [0.1, 0.15) is 0 Å². The van der Waals surface area contributed by atoms with Crippen LogP contribution in [0.1, 0.15) is 0 Å². The van der Waals surface area contributed by atoms with Gasteiger partial charge >= 0.3 is 46.4 Å². The summed E-state index contributed by atoms with van der Waals surface area (Å²) in [6.45, 7) is 0. The molecule has 0 aromatic carbocycles. The van der Waals surface area contributed by atoms with Gasteiger partial charge in [0.2, 0.25) is 0 Å². The summed E-state index contributed by atoms with van der Waals surface area (Å²) in [7, 11) is 0. The summed E-state index contributed by atoms with van der Waals surface area (Å²) in [5.41, 5.74) is 0. The van der Waals surface area contributed by atoms with Crippen molar-refractivity contribution in [3.8, 4) is 0 Å². The molecular formula is IrPtTaTi. The van der Waals surface area contributed by atoms with Crippen LogP contribution in [-0.4, -0.2) is 0 Å². The molecule has 4 heavy (non-hydrogen) atoms. The van der Waals surface area contributed by atoms with Crippen LogP contribution in [0, 0.1) is 0 Å². The van der Waals surface area contributed by atoms with Crippen LogP contribution in [0.4, 0.5) is 0 Å². The van der Waals surface area contributed by atoms with E-state index in [0.29, 0.717) is 12.5 Å². The Kier molecular flexibility index (Phi) is 22.9. The zero-order valence-corrected chi connectivity index (χ0v) is 11.0. The SMILES string of the molecule is [Ta][Pt][Ir].[Ti]. The summed E-state index contributed by atoms with van der Waals surface area (Å²) in [6.07, 6.45) is 0. The van der Waals surface area contributed by atoms with E-state index in [2.05, 4.69) is 16.0 Å². The van der Waals surface area contributed by atoms with Crippen LogP contribution in [0.3, 0.4) is 0 Å². The molecule has 0 spiro atoms. The first-order chi connectivity index (χ1) is 1.41. The van der Waals surface area contributed by atoms with Crippen LogP contribution < -0.4 is 0 Å². The van der Waals surface area contributed by atoms with E-state index in [-0.39, 0.29) is 21.7 Å². The largest absolute Gasteiger partial charge is 0 e. The minimum atomic E-state index is 0. The Balaban J connectivity index is 0. The summed E-state index contributed by atoms with van der Waals surface area (Å²) < 4.78 is 0.